The summed E-state index contributed by atoms with van der Waals surface area (Å²) < 4.78 is 5.54. The molecule has 1 N–H and O–H groups in total. The number of rotatable bonds is 7. The van der Waals surface area contributed by atoms with Crippen LogP contribution in [0.25, 0.3) is 0 Å². The lowest BCUT2D eigenvalue weighted by Gasteiger charge is -2.46. The van der Waals surface area contributed by atoms with Gasteiger partial charge in [-0.15, -0.1) is 11.8 Å². The normalized spacial score (nSPS) is 23.4. The summed E-state index contributed by atoms with van der Waals surface area (Å²) in [6, 6.07) is 0. The Hall–Kier alpha value is -0.980. The first-order valence-electron chi connectivity index (χ1n) is 10.0. The average Bonchev–Trinajstić information content (AvgIpc) is 2.56. The minimum absolute atomic E-state index is 0.105. The molecule has 1 saturated heterocycles. The molecule has 0 aromatic heterocycles. The van der Waals surface area contributed by atoms with Crippen LogP contribution in [0.1, 0.15) is 48.0 Å². The summed E-state index contributed by atoms with van der Waals surface area (Å²) in [5.41, 5.74) is 1.59. The number of carboxylic acids is 1. The third-order valence-corrected chi connectivity index (χ3v) is 5.97. The van der Waals surface area contributed by atoms with Crippen molar-refractivity contribution in [3.8, 4) is 0 Å². The van der Waals surface area contributed by atoms with Crippen LogP contribution in [-0.2, 0) is 9.53 Å². The number of ether oxygens (including phenoxy) is 1. The van der Waals surface area contributed by atoms with Gasteiger partial charge in [-0.05, 0) is 42.1 Å². The van der Waals surface area contributed by atoms with E-state index in [-0.39, 0.29) is 11.6 Å². The second kappa shape index (κ2) is 9.48. The van der Waals surface area contributed by atoms with Gasteiger partial charge in [0.25, 0.3) is 0 Å². The molecule has 1 fully saturated rings. The lowest BCUT2D eigenvalue weighted by atomic mass is 9.85. The average molecular weight is 397 g/mol. The standard InChI is InChI=1S/C21H36N2O3S/c1-7-27-19-18(20(24)25)16(3)12-17(22-8-10-26-11-9-22)23(19)14-15(2)13-21(4,5)6/h12,15,17H,7-11,13-14H2,1-6H3,(H,24,25). The fraction of sp³-hybridized carbons (Fsp3) is 0.762. The van der Waals surface area contributed by atoms with Gasteiger partial charge in [-0.1, -0.05) is 34.6 Å². The van der Waals surface area contributed by atoms with E-state index in [4.69, 9.17) is 4.74 Å². The maximum atomic E-state index is 12.0. The molecule has 0 aliphatic carbocycles. The summed E-state index contributed by atoms with van der Waals surface area (Å²) >= 11 is 1.65. The molecule has 2 heterocycles. The Bertz CT molecular complexity index is 589. The highest BCUT2D eigenvalue weighted by atomic mass is 32.2. The minimum atomic E-state index is -0.825. The highest BCUT2D eigenvalue weighted by Crippen LogP contribution is 2.37. The number of thioether (sulfide) groups is 1. The Morgan fingerprint density at radius 1 is 1.37 bits per heavy atom. The van der Waals surface area contributed by atoms with E-state index in [0.717, 1.165) is 55.6 Å². The van der Waals surface area contributed by atoms with Crippen molar-refractivity contribution in [3.63, 3.8) is 0 Å². The second-order valence-corrected chi connectivity index (χ2v) is 10.1. The van der Waals surface area contributed by atoms with Crippen molar-refractivity contribution in [1.82, 2.24) is 9.80 Å². The van der Waals surface area contributed by atoms with E-state index in [1.165, 1.54) is 0 Å². The third kappa shape index (κ3) is 6.00. The van der Waals surface area contributed by atoms with Gasteiger partial charge in [-0.25, -0.2) is 4.79 Å². The van der Waals surface area contributed by atoms with Crippen LogP contribution in [0.5, 0.6) is 0 Å². The molecule has 5 nitrogen and oxygen atoms in total. The molecule has 2 aliphatic heterocycles. The van der Waals surface area contributed by atoms with Gasteiger partial charge in [-0.2, -0.15) is 0 Å². The Labute approximate surface area is 168 Å². The molecule has 0 spiro atoms. The van der Waals surface area contributed by atoms with Gasteiger partial charge in [-0.3, -0.25) is 4.90 Å². The van der Waals surface area contributed by atoms with Crippen molar-refractivity contribution in [2.24, 2.45) is 11.3 Å². The van der Waals surface area contributed by atoms with E-state index in [1.807, 2.05) is 6.92 Å². The fourth-order valence-corrected chi connectivity index (χ4v) is 5.18. The summed E-state index contributed by atoms with van der Waals surface area (Å²) in [7, 11) is 0. The lowest BCUT2D eigenvalue weighted by molar-refractivity contribution is -0.132. The molecule has 27 heavy (non-hydrogen) atoms. The monoisotopic (exact) mass is 396 g/mol. The zero-order valence-corrected chi connectivity index (χ0v) is 18.6. The molecule has 2 unspecified atom stereocenters. The van der Waals surface area contributed by atoms with Crippen molar-refractivity contribution < 1.29 is 14.6 Å². The Morgan fingerprint density at radius 3 is 2.52 bits per heavy atom. The van der Waals surface area contributed by atoms with Gasteiger partial charge in [0.05, 0.1) is 23.8 Å². The number of carboxylic acid groups (broad SMARTS) is 1. The first kappa shape index (κ1) is 22.3. The zero-order chi connectivity index (χ0) is 20.2. The highest BCUT2D eigenvalue weighted by Gasteiger charge is 2.35. The molecule has 0 bridgehead atoms. The molecule has 0 aromatic carbocycles. The number of hydrogen-bond acceptors (Lipinski definition) is 5. The largest absolute Gasteiger partial charge is 0.478 e. The van der Waals surface area contributed by atoms with Gasteiger partial charge in [0.15, 0.2) is 0 Å². The van der Waals surface area contributed by atoms with Crippen LogP contribution in [0.15, 0.2) is 22.3 Å². The number of aliphatic carboxylic acids is 1. The molecule has 0 aromatic rings. The van der Waals surface area contributed by atoms with Gasteiger partial charge >= 0.3 is 5.97 Å². The summed E-state index contributed by atoms with van der Waals surface area (Å²) in [6.07, 6.45) is 3.35. The summed E-state index contributed by atoms with van der Waals surface area (Å²) in [5, 5.41) is 10.8. The van der Waals surface area contributed by atoms with Gasteiger partial charge in [0.2, 0.25) is 0 Å². The molecule has 2 rings (SSSR count). The maximum Gasteiger partial charge on any atom is 0.338 e. The number of hydrogen-bond donors (Lipinski definition) is 1. The molecule has 0 saturated carbocycles. The number of morpholine rings is 1. The molecule has 0 radical (unpaired) electrons. The maximum absolute atomic E-state index is 12.0. The Kier molecular flexibility index (Phi) is 7.83. The topological polar surface area (TPSA) is 53.0 Å². The van der Waals surface area contributed by atoms with E-state index in [0.29, 0.717) is 11.5 Å². The molecular formula is C21H36N2O3S. The van der Waals surface area contributed by atoms with Crippen molar-refractivity contribution in [1.29, 1.82) is 0 Å². The van der Waals surface area contributed by atoms with E-state index < -0.39 is 5.97 Å². The SMILES string of the molecule is CCSC1=C(C(=O)O)C(C)=CC(N2CCOCC2)N1CC(C)CC(C)(C)C. The van der Waals surface area contributed by atoms with E-state index in [1.54, 1.807) is 11.8 Å². The molecule has 154 valence electrons. The minimum Gasteiger partial charge on any atom is -0.478 e. The summed E-state index contributed by atoms with van der Waals surface area (Å²) in [4.78, 5) is 16.8. The smallest absolute Gasteiger partial charge is 0.338 e. The van der Waals surface area contributed by atoms with Crippen LogP contribution in [0.4, 0.5) is 0 Å². The van der Waals surface area contributed by atoms with Crippen LogP contribution in [0.3, 0.4) is 0 Å². The summed E-state index contributed by atoms with van der Waals surface area (Å²) in [6.45, 7) is 17.2. The summed E-state index contributed by atoms with van der Waals surface area (Å²) in [5.74, 6) is 0.510. The zero-order valence-electron chi connectivity index (χ0n) is 17.7. The second-order valence-electron chi connectivity index (χ2n) is 8.85. The highest BCUT2D eigenvalue weighted by molar-refractivity contribution is 8.03. The van der Waals surface area contributed by atoms with Crippen LogP contribution in [0, 0.1) is 11.3 Å². The van der Waals surface area contributed by atoms with Crippen molar-refractivity contribution in [2.75, 3.05) is 38.6 Å². The lowest BCUT2D eigenvalue weighted by Crippen LogP contribution is -2.53. The van der Waals surface area contributed by atoms with E-state index in [9.17, 15) is 9.90 Å². The Morgan fingerprint density at radius 2 is 2.00 bits per heavy atom. The van der Waals surface area contributed by atoms with Crippen molar-refractivity contribution in [2.45, 2.75) is 54.1 Å². The van der Waals surface area contributed by atoms with E-state index >= 15 is 0 Å². The molecular weight excluding hydrogens is 360 g/mol. The molecule has 2 atom stereocenters. The third-order valence-electron chi connectivity index (χ3n) is 4.97. The molecule has 6 heteroatoms. The first-order chi connectivity index (χ1) is 12.6. The quantitative estimate of drug-likeness (QED) is 0.701. The molecule has 0 amide bonds. The number of carbonyl (C=O) groups is 1. The molecule has 2 aliphatic rings. The Balaban J connectivity index is 2.38. The van der Waals surface area contributed by atoms with Crippen LogP contribution < -0.4 is 0 Å². The van der Waals surface area contributed by atoms with E-state index in [2.05, 4.69) is 50.5 Å². The van der Waals surface area contributed by atoms with Gasteiger partial charge in [0.1, 0.15) is 6.17 Å². The van der Waals surface area contributed by atoms with Gasteiger partial charge < -0.3 is 14.7 Å². The van der Waals surface area contributed by atoms with Crippen molar-refractivity contribution >= 4 is 17.7 Å². The van der Waals surface area contributed by atoms with Crippen molar-refractivity contribution in [3.05, 3.63) is 22.3 Å². The fourth-order valence-electron chi connectivity index (χ4n) is 4.16. The first-order valence-corrected chi connectivity index (χ1v) is 11.0. The predicted molar refractivity (Wildman–Crippen MR) is 113 cm³/mol. The number of nitrogens with zero attached hydrogens (tertiary/aromatic N) is 2. The van der Waals surface area contributed by atoms with Crippen LogP contribution in [-0.4, -0.2) is 65.6 Å². The van der Waals surface area contributed by atoms with Gasteiger partial charge in [0, 0.05) is 19.6 Å². The van der Waals surface area contributed by atoms with Crippen LogP contribution >= 0.6 is 11.8 Å². The van der Waals surface area contributed by atoms with Crippen LogP contribution in [0.2, 0.25) is 0 Å². The predicted octanol–water partition coefficient (Wildman–Crippen LogP) is 4.03.